The molecule has 6 nitrogen and oxygen atoms in total. The van der Waals surface area contributed by atoms with E-state index in [-0.39, 0.29) is 23.7 Å². The van der Waals surface area contributed by atoms with Gasteiger partial charge in [0.2, 0.25) is 11.9 Å². The Morgan fingerprint density at radius 2 is 2.00 bits per heavy atom. The second kappa shape index (κ2) is 8.64. The number of hydrogen-bond acceptors (Lipinski definition) is 4. The number of carbonyl (C=O) groups excluding carboxylic acids is 1. The molecule has 26 heavy (non-hydrogen) atoms. The van der Waals surface area contributed by atoms with Gasteiger partial charge in [0.05, 0.1) is 0 Å². The summed E-state index contributed by atoms with van der Waals surface area (Å²) >= 11 is 0. The molecule has 142 valence electrons. The summed E-state index contributed by atoms with van der Waals surface area (Å²) in [6.07, 6.45) is 2.57. The number of carbonyl (C=O) groups is 1. The molecular formula is C19H28ClN5O. The average Bonchev–Trinajstić information content (AvgIpc) is 3.24. The summed E-state index contributed by atoms with van der Waals surface area (Å²) in [6.45, 7) is 8.64. The lowest BCUT2D eigenvalue weighted by atomic mass is 9.87. The lowest BCUT2D eigenvalue weighted by Crippen LogP contribution is -2.15. The summed E-state index contributed by atoms with van der Waals surface area (Å²) in [5.74, 6) is 1.58. The lowest BCUT2D eigenvalue weighted by molar-refractivity contribution is -0.116. The van der Waals surface area contributed by atoms with Crippen molar-refractivity contribution in [1.82, 2.24) is 20.5 Å². The van der Waals surface area contributed by atoms with Crippen LogP contribution >= 0.6 is 12.4 Å². The van der Waals surface area contributed by atoms with Crippen LogP contribution in [0.25, 0.3) is 11.4 Å². The third-order valence-corrected chi connectivity index (χ3v) is 4.70. The molecule has 0 aliphatic carbocycles. The molecule has 1 aromatic heterocycles. The van der Waals surface area contributed by atoms with E-state index in [4.69, 9.17) is 0 Å². The van der Waals surface area contributed by atoms with Gasteiger partial charge >= 0.3 is 0 Å². The highest BCUT2D eigenvalue weighted by atomic mass is 35.5. The molecule has 0 radical (unpaired) electrons. The molecule has 1 amide bonds. The normalized spacial score (nSPS) is 17.0. The minimum absolute atomic E-state index is 0. The van der Waals surface area contributed by atoms with E-state index in [1.807, 2.05) is 12.1 Å². The molecule has 1 fully saturated rings. The zero-order chi connectivity index (χ0) is 17.9. The summed E-state index contributed by atoms with van der Waals surface area (Å²) in [7, 11) is 0. The molecule has 1 atom stereocenters. The molecule has 1 aromatic carbocycles. The van der Waals surface area contributed by atoms with Crippen LogP contribution in [-0.4, -0.2) is 34.2 Å². The van der Waals surface area contributed by atoms with Crippen LogP contribution in [-0.2, 0) is 10.2 Å². The predicted molar refractivity (Wildman–Crippen MR) is 107 cm³/mol. The molecule has 7 heteroatoms. The summed E-state index contributed by atoms with van der Waals surface area (Å²) in [6, 6.07) is 8.26. The fourth-order valence-electron chi connectivity index (χ4n) is 3.06. The van der Waals surface area contributed by atoms with Gasteiger partial charge in [-0.25, -0.2) is 0 Å². The Balaban J connectivity index is 0.00000243. The molecule has 0 bridgehead atoms. The van der Waals surface area contributed by atoms with Crippen molar-refractivity contribution < 1.29 is 4.79 Å². The minimum atomic E-state index is -0.0273. The zero-order valence-corrected chi connectivity index (χ0v) is 16.4. The van der Waals surface area contributed by atoms with Crippen LogP contribution < -0.4 is 10.6 Å². The van der Waals surface area contributed by atoms with Crippen LogP contribution in [0.1, 0.15) is 45.6 Å². The maximum absolute atomic E-state index is 12.0. The topological polar surface area (TPSA) is 82.7 Å². The first-order chi connectivity index (χ1) is 11.9. The summed E-state index contributed by atoms with van der Waals surface area (Å²) in [4.78, 5) is 16.4. The van der Waals surface area contributed by atoms with Gasteiger partial charge in [0.1, 0.15) is 0 Å². The maximum atomic E-state index is 12.0. The van der Waals surface area contributed by atoms with Crippen molar-refractivity contribution in [3.05, 3.63) is 29.8 Å². The monoisotopic (exact) mass is 377 g/mol. The summed E-state index contributed by atoms with van der Waals surface area (Å²) < 4.78 is 0. The number of rotatable bonds is 5. The maximum Gasteiger partial charge on any atom is 0.249 e. The van der Waals surface area contributed by atoms with Crippen LogP contribution in [0, 0.1) is 5.92 Å². The van der Waals surface area contributed by atoms with Crippen LogP contribution in [0.15, 0.2) is 24.3 Å². The van der Waals surface area contributed by atoms with Gasteiger partial charge in [-0.15, -0.1) is 17.5 Å². The van der Waals surface area contributed by atoms with E-state index >= 15 is 0 Å². The van der Waals surface area contributed by atoms with Gasteiger partial charge < -0.3 is 5.32 Å². The molecule has 3 N–H and O–H groups in total. The average molecular weight is 378 g/mol. The first kappa shape index (κ1) is 20.4. The van der Waals surface area contributed by atoms with Gasteiger partial charge in [-0.05, 0) is 42.8 Å². The first-order valence-electron chi connectivity index (χ1n) is 8.96. The van der Waals surface area contributed by atoms with E-state index in [2.05, 4.69) is 58.7 Å². The quantitative estimate of drug-likeness (QED) is 0.744. The highest BCUT2D eigenvalue weighted by Gasteiger charge is 2.17. The zero-order valence-electron chi connectivity index (χ0n) is 15.6. The minimum Gasteiger partial charge on any atom is -0.316 e. The molecule has 0 spiro atoms. The number of nitrogens with zero attached hydrogens (tertiary/aromatic N) is 2. The molecule has 1 saturated heterocycles. The standard InChI is InChI=1S/C19H27N5O.ClH/c1-19(2,3)15-7-5-14(6-8-15)17-22-18(24-23-17)21-16(25)9-4-13-10-11-20-12-13;/h5-8,13,20H,4,9-12H2,1-3H3,(H2,21,22,23,24,25);1H. The third kappa shape index (κ3) is 5.29. The van der Waals surface area contributed by atoms with E-state index in [1.54, 1.807) is 0 Å². The molecule has 3 rings (SSSR count). The second-order valence-electron chi connectivity index (χ2n) is 7.78. The SMILES string of the molecule is CC(C)(C)c1ccc(-c2nc(NC(=O)CCC3CCNC3)n[nH]2)cc1.Cl. The number of aromatic nitrogens is 3. The van der Waals surface area contributed by atoms with Crippen molar-refractivity contribution in [3.8, 4) is 11.4 Å². The number of H-pyrrole nitrogens is 1. The Morgan fingerprint density at radius 3 is 2.62 bits per heavy atom. The van der Waals surface area contributed by atoms with Crippen molar-refractivity contribution in [2.45, 2.75) is 45.4 Å². The molecule has 1 aliphatic heterocycles. The number of nitrogens with one attached hydrogen (secondary N) is 3. The van der Waals surface area contributed by atoms with Crippen LogP contribution in [0.4, 0.5) is 5.95 Å². The number of halogens is 1. The fraction of sp³-hybridized carbons (Fsp3) is 0.526. The predicted octanol–water partition coefficient (Wildman–Crippen LogP) is 3.52. The number of hydrogen-bond donors (Lipinski definition) is 3. The van der Waals surface area contributed by atoms with Crippen molar-refractivity contribution in [3.63, 3.8) is 0 Å². The van der Waals surface area contributed by atoms with Crippen molar-refractivity contribution in [1.29, 1.82) is 0 Å². The largest absolute Gasteiger partial charge is 0.316 e. The van der Waals surface area contributed by atoms with Gasteiger partial charge in [-0.1, -0.05) is 45.0 Å². The second-order valence-corrected chi connectivity index (χ2v) is 7.78. The Hall–Kier alpha value is -1.92. The number of anilines is 1. The van der Waals surface area contributed by atoms with Crippen LogP contribution in [0.5, 0.6) is 0 Å². The molecule has 2 heterocycles. The van der Waals surface area contributed by atoms with Crippen molar-refractivity contribution in [2.75, 3.05) is 18.4 Å². The third-order valence-electron chi connectivity index (χ3n) is 4.70. The fourth-order valence-corrected chi connectivity index (χ4v) is 3.06. The molecule has 1 aliphatic rings. The van der Waals surface area contributed by atoms with Gasteiger partial charge in [-0.2, -0.15) is 4.98 Å². The van der Waals surface area contributed by atoms with E-state index in [0.29, 0.717) is 24.1 Å². The number of aromatic amines is 1. The number of amides is 1. The summed E-state index contributed by atoms with van der Waals surface area (Å²) in [5, 5.41) is 13.1. The molecule has 1 unspecified atom stereocenters. The number of benzene rings is 1. The highest BCUT2D eigenvalue weighted by Crippen LogP contribution is 2.25. The van der Waals surface area contributed by atoms with Gasteiger partial charge in [0.25, 0.3) is 0 Å². The van der Waals surface area contributed by atoms with Crippen molar-refractivity contribution >= 4 is 24.3 Å². The van der Waals surface area contributed by atoms with E-state index in [1.165, 1.54) is 5.56 Å². The lowest BCUT2D eigenvalue weighted by Gasteiger charge is -2.18. The smallest absolute Gasteiger partial charge is 0.249 e. The molecular weight excluding hydrogens is 350 g/mol. The van der Waals surface area contributed by atoms with Gasteiger partial charge in [0.15, 0.2) is 5.82 Å². The Morgan fingerprint density at radius 1 is 1.27 bits per heavy atom. The van der Waals surface area contributed by atoms with Crippen LogP contribution in [0.3, 0.4) is 0 Å². The highest BCUT2D eigenvalue weighted by molar-refractivity contribution is 5.89. The van der Waals surface area contributed by atoms with E-state index in [0.717, 1.165) is 31.5 Å². The summed E-state index contributed by atoms with van der Waals surface area (Å²) in [5.41, 5.74) is 2.34. The van der Waals surface area contributed by atoms with E-state index in [9.17, 15) is 4.79 Å². The van der Waals surface area contributed by atoms with Gasteiger partial charge in [-0.3, -0.25) is 15.2 Å². The van der Waals surface area contributed by atoms with Crippen LogP contribution in [0.2, 0.25) is 0 Å². The molecule has 2 aromatic rings. The van der Waals surface area contributed by atoms with Crippen molar-refractivity contribution in [2.24, 2.45) is 5.92 Å². The Kier molecular flexibility index (Phi) is 6.78. The Bertz CT molecular complexity index is 714. The first-order valence-corrected chi connectivity index (χ1v) is 8.96. The molecule has 0 saturated carbocycles. The Labute approximate surface area is 161 Å². The van der Waals surface area contributed by atoms with E-state index < -0.39 is 0 Å². The van der Waals surface area contributed by atoms with Gasteiger partial charge in [0, 0.05) is 12.0 Å².